The molecule has 8 heteroatoms. The first-order valence-corrected chi connectivity index (χ1v) is 12.7. The molecule has 156 valence electrons. The van der Waals surface area contributed by atoms with E-state index in [9.17, 15) is 17.6 Å². The summed E-state index contributed by atoms with van der Waals surface area (Å²) in [5.41, 5.74) is 3.38. The molecule has 0 radical (unpaired) electrons. The standard InChI is InChI=1S/C9H6F2O.C7H5F2IO.C5H10Si/c1-2-7-3-5-8(6-4-7)12-9(10)11;8-7(9)11-6-3-1-5(10)2-4-6;1-5-6(2,3)4/h1,3-6,9H;1-4,7H;1H,2-4H3. The predicted molar refractivity (Wildman–Crippen MR) is 119 cm³/mol. The number of rotatable bonds is 4. The smallest absolute Gasteiger partial charge is 0.387 e. The molecule has 0 N–H and O–H groups in total. The Kier molecular flexibility index (Phi) is 12.9. The molecule has 0 aromatic heterocycles. The maximum atomic E-state index is 11.6. The van der Waals surface area contributed by atoms with E-state index >= 15 is 0 Å². The summed E-state index contributed by atoms with van der Waals surface area (Å²) in [5.74, 6) is 2.67. The number of ether oxygens (including phenoxy) is 2. The van der Waals surface area contributed by atoms with Crippen molar-refractivity contribution in [3.05, 3.63) is 57.7 Å². The maximum absolute atomic E-state index is 11.6. The highest BCUT2D eigenvalue weighted by molar-refractivity contribution is 14.1. The molecule has 29 heavy (non-hydrogen) atoms. The molecule has 2 aromatic carbocycles. The molecule has 2 aromatic rings. The summed E-state index contributed by atoms with van der Waals surface area (Å²) < 4.78 is 55.7. The van der Waals surface area contributed by atoms with E-state index in [2.05, 4.69) is 63.2 Å². The Bertz CT molecular complexity index is 790. The zero-order chi connectivity index (χ0) is 22.4. The molecule has 0 spiro atoms. The average Bonchev–Trinajstić information content (AvgIpc) is 2.64. The second kappa shape index (κ2) is 13.9. The Morgan fingerprint density at radius 1 is 0.793 bits per heavy atom. The van der Waals surface area contributed by atoms with Gasteiger partial charge in [-0.2, -0.15) is 17.6 Å². The van der Waals surface area contributed by atoms with Crippen LogP contribution < -0.4 is 9.47 Å². The minimum Gasteiger partial charge on any atom is -0.435 e. The third-order valence-electron chi connectivity index (χ3n) is 2.72. The van der Waals surface area contributed by atoms with Gasteiger partial charge in [-0.3, -0.25) is 0 Å². The van der Waals surface area contributed by atoms with Gasteiger partial charge in [-0.1, -0.05) is 25.6 Å². The van der Waals surface area contributed by atoms with Crippen molar-refractivity contribution < 1.29 is 27.0 Å². The van der Waals surface area contributed by atoms with Crippen LogP contribution in [0, 0.1) is 27.9 Å². The highest BCUT2D eigenvalue weighted by Gasteiger charge is 2.05. The third kappa shape index (κ3) is 15.4. The van der Waals surface area contributed by atoms with Crippen LogP contribution in [0.4, 0.5) is 17.6 Å². The molecular weight excluding hydrogens is 515 g/mol. The van der Waals surface area contributed by atoms with Gasteiger partial charge in [0.1, 0.15) is 19.6 Å². The molecule has 0 saturated carbocycles. The zero-order valence-corrected chi connectivity index (χ0v) is 19.3. The number of benzene rings is 2. The Morgan fingerprint density at radius 2 is 1.14 bits per heavy atom. The van der Waals surface area contributed by atoms with Crippen LogP contribution in [0.15, 0.2) is 48.5 Å². The van der Waals surface area contributed by atoms with Gasteiger partial charge in [0.05, 0.1) is 0 Å². The van der Waals surface area contributed by atoms with Gasteiger partial charge in [-0.25, -0.2) is 0 Å². The number of terminal acetylenes is 2. The van der Waals surface area contributed by atoms with E-state index < -0.39 is 21.3 Å². The van der Waals surface area contributed by atoms with Crippen LogP contribution in [0.3, 0.4) is 0 Å². The average molecular weight is 536 g/mol. The summed E-state index contributed by atoms with van der Waals surface area (Å²) in [6.45, 7) is 0.907. The number of hydrogen-bond acceptors (Lipinski definition) is 2. The summed E-state index contributed by atoms with van der Waals surface area (Å²) in [5, 5.41) is 0. The van der Waals surface area contributed by atoms with Gasteiger partial charge in [0.15, 0.2) is 0 Å². The van der Waals surface area contributed by atoms with Crippen molar-refractivity contribution in [1.82, 2.24) is 0 Å². The molecule has 0 aliphatic rings. The summed E-state index contributed by atoms with van der Waals surface area (Å²) in [4.78, 5) is 0. The zero-order valence-electron chi connectivity index (χ0n) is 16.1. The van der Waals surface area contributed by atoms with Crippen LogP contribution in [0.5, 0.6) is 11.5 Å². The van der Waals surface area contributed by atoms with Crippen LogP contribution in [-0.4, -0.2) is 21.3 Å². The van der Waals surface area contributed by atoms with Crippen molar-refractivity contribution in [2.24, 2.45) is 0 Å². The molecule has 2 nitrogen and oxygen atoms in total. The van der Waals surface area contributed by atoms with Crippen molar-refractivity contribution in [1.29, 1.82) is 0 Å². The van der Waals surface area contributed by atoms with E-state index in [4.69, 9.17) is 12.8 Å². The Hall–Kier alpha value is -2.17. The van der Waals surface area contributed by atoms with Crippen molar-refractivity contribution in [3.63, 3.8) is 0 Å². The lowest BCUT2D eigenvalue weighted by molar-refractivity contribution is -0.0505. The molecule has 0 bridgehead atoms. The van der Waals surface area contributed by atoms with E-state index in [0.29, 0.717) is 5.56 Å². The SMILES string of the molecule is C#C[Si](C)(C)C.C#Cc1ccc(OC(F)F)cc1.FC(F)Oc1ccc(I)cc1. The fraction of sp³-hybridized carbons (Fsp3) is 0.238. The monoisotopic (exact) mass is 536 g/mol. The third-order valence-corrected chi connectivity index (χ3v) is 4.30. The van der Waals surface area contributed by atoms with Gasteiger partial charge in [0.25, 0.3) is 0 Å². The summed E-state index contributed by atoms with van der Waals surface area (Å²) >= 11 is 2.09. The van der Waals surface area contributed by atoms with Crippen LogP contribution in [-0.2, 0) is 0 Å². The summed E-state index contributed by atoms with van der Waals surface area (Å²) in [7, 11) is -1.10. The molecule has 0 saturated heterocycles. The Morgan fingerprint density at radius 3 is 1.41 bits per heavy atom. The molecule has 0 amide bonds. The molecule has 2 rings (SSSR count). The number of halogens is 5. The van der Waals surface area contributed by atoms with Crippen LogP contribution in [0.2, 0.25) is 19.6 Å². The van der Waals surface area contributed by atoms with Crippen molar-refractivity contribution >= 4 is 30.7 Å². The molecule has 0 atom stereocenters. The number of hydrogen-bond donors (Lipinski definition) is 0. The number of alkyl halides is 4. The Balaban J connectivity index is 0.000000430. The lowest BCUT2D eigenvalue weighted by Crippen LogP contribution is -2.15. The molecule has 0 heterocycles. The van der Waals surface area contributed by atoms with Crippen LogP contribution in [0.25, 0.3) is 0 Å². The summed E-state index contributed by atoms with van der Waals surface area (Å²) in [6, 6.07) is 12.3. The predicted octanol–water partition coefficient (Wildman–Crippen LogP) is 6.66. The highest BCUT2D eigenvalue weighted by Crippen LogP contribution is 2.15. The van der Waals surface area contributed by atoms with Crippen LogP contribution >= 0.6 is 22.6 Å². The molecule has 0 aliphatic heterocycles. The molecule has 0 unspecified atom stereocenters. The largest absolute Gasteiger partial charge is 0.435 e. The van der Waals surface area contributed by atoms with Gasteiger partial charge in [0, 0.05) is 9.13 Å². The lowest BCUT2D eigenvalue weighted by Gasteiger charge is -2.02. The molecular formula is C21H21F4IO2Si. The van der Waals surface area contributed by atoms with Gasteiger partial charge in [-0.15, -0.1) is 18.4 Å². The van der Waals surface area contributed by atoms with E-state index in [-0.39, 0.29) is 11.5 Å². The second-order valence-corrected chi connectivity index (χ2v) is 12.3. The van der Waals surface area contributed by atoms with Gasteiger partial charge in [-0.05, 0) is 71.1 Å². The lowest BCUT2D eigenvalue weighted by atomic mass is 10.2. The van der Waals surface area contributed by atoms with Gasteiger partial charge < -0.3 is 9.47 Å². The van der Waals surface area contributed by atoms with Crippen molar-refractivity contribution in [2.75, 3.05) is 0 Å². The fourth-order valence-electron chi connectivity index (χ4n) is 1.35. The van der Waals surface area contributed by atoms with Crippen molar-refractivity contribution in [3.8, 4) is 35.8 Å². The van der Waals surface area contributed by atoms with Gasteiger partial charge in [0.2, 0.25) is 0 Å². The van der Waals surface area contributed by atoms with E-state index in [1.165, 1.54) is 36.4 Å². The topological polar surface area (TPSA) is 18.5 Å². The van der Waals surface area contributed by atoms with E-state index in [0.717, 1.165) is 3.57 Å². The van der Waals surface area contributed by atoms with Crippen LogP contribution in [0.1, 0.15) is 5.56 Å². The van der Waals surface area contributed by atoms with E-state index in [1.807, 2.05) is 0 Å². The van der Waals surface area contributed by atoms with E-state index in [1.54, 1.807) is 12.1 Å². The van der Waals surface area contributed by atoms with Gasteiger partial charge >= 0.3 is 13.2 Å². The Labute approximate surface area is 183 Å². The first-order chi connectivity index (χ1) is 13.5. The second-order valence-electron chi connectivity index (χ2n) is 6.27. The first-order valence-electron chi connectivity index (χ1n) is 8.16. The molecule has 0 fully saturated rings. The molecule has 0 aliphatic carbocycles. The fourth-order valence-corrected chi connectivity index (χ4v) is 1.71. The first kappa shape index (κ1) is 26.8. The normalized spacial score (nSPS) is 9.93. The highest BCUT2D eigenvalue weighted by atomic mass is 127. The maximum Gasteiger partial charge on any atom is 0.387 e. The van der Waals surface area contributed by atoms with Crippen molar-refractivity contribution in [2.45, 2.75) is 32.9 Å². The summed E-state index contributed by atoms with van der Waals surface area (Å²) in [6.07, 6.45) is 10.2. The quantitative estimate of drug-likeness (QED) is 0.188. The minimum atomic E-state index is -2.79. The minimum absolute atomic E-state index is 0.115.